The number of aromatic nitrogens is 2. The summed E-state index contributed by atoms with van der Waals surface area (Å²) in [6.07, 6.45) is 0.491. The molecular weight excluding hydrogens is 322 g/mol. The lowest BCUT2D eigenvalue weighted by atomic mass is 10.1. The van der Waals surface area contributed by atoms with Crippen LogP contribution >= 0.6 is 22.9 Å². The van der Waals surface area contributed by atoms with Gasteiger partial charge in [-0.1, -0.05) is 34.9 Å². The number of carbonyl (C=O) groups excluding carboxylic acids is 1. The van der Waals surface area contributed by atoms with Gasteiger partial charge in [0.2, 0.25) is 5.89 Å². The van der Waals surface area contributed by atoms with E-state index in [0.717, 1.165) is 10.4 Å². The van der Waals surface area contributed by atoms with Crippen LogP contribution in [0.5, 0.6) is 0 Å². The number of nitrogens with one attached hydrogen (secondary N) is 1. The SMILES string of the molecule is Cc1ccccc1C(=O)Nc1nnc(Cc2ccc(Cl)s2)o1. The van der Waals surface area contributed by atoms with Crippen LogP contribution in [0.4, 0.5) is 6.01 Å². The van der Waals surface area contributed by atoms with Gasteiger partial charge < -0.3 is 4.42 Å². The highest BCUT2D eigenvalue weighted by atomic mass is 35.5. The zero-order valence-electron chi connectivity index (χ0n) is 11.7. The van der Waals surface area contributed by atoms with Crippen molar-refractivity contribution in [2.24, 2.45) is 0 Å². The molecule has 5 nitrogen and oxygen atoms in total. The van der Waals surface area contributed by atoms with Gasteiger partial charge in [0, 0.05) is 10.4 Å². The molecule has 0 unspecified atom stereocenters. The summed E-state index contributed by atoms with van der Waals surface area (Å²) >= 11 is 7.33. The predicted molar refractivity (Wildman–Crippen MR) is 85.6 cm³/mol. The molecule has 0 aliphatic carbocycles. The van der Waals surface area contributed by atoms with E-state index in [0.29, 0.717) is 22.2 Å². The summed E-state index contributed by atoms with van der Waals surface area (Å²) in [5.41, 5.74) is 1.46. The second-order valence-electron chi connectivity index (χ2n) is 4.65. The number of hydrogen-bond acceptors (Lipinski definition) is 5. The number of carbonyl (C=O) groups is 1. The fourth-order valence-corrected chi connectivity index (χ4v) is 3.04. The van der Waals surface area contributed by atoms with Crippen LogP contribution < -0.4 is 5.32 Å². The van der Waals surface area contributed by atoms with Crippen molar-refractivity contribution in [3.63, 3.8) is 0 Å². The fourth-order valence-electron chi connectivity index (χ4n) is 1.96. The Bertz CT molecular complexity index is 812. The highest BCUT2D eigenvalue weighted by Crippen LogP contribution is 2.24. The van der Waals surface area contributed by atoms with E-state index in [1.165, 1.54) is 11.3 Å². The van der Waals surface area contributed by atoms with Crippen LogP contribution in [-0.2, 0) is 6.42 Å². The fraction of sp³-hybridized carbons (Fsp3) is 0.133. The zero-order chi connectivity index (χ0) is 15.5. The van der Waals surface area contributed by atoms with Crippen molar-refractivity contribution in [3.05, 3.63) is 62.6 Å². The summed E-state index contributed by atoms with van der Waals surface area (Å²) in [4.78, 5) is 13.2. The Kier molecular flexibility index (Phi) is 4.22. The number of rotatable bonds is 4. The van der Waals surface area contributed by atoms with Gasteiger partial charge in [0.1, 0.15) is 0 Å². The molecule has 0 bridgehead atoms. The van der Waals surface area contributed by atoms with Crippen LogP contribution in [0, 0.1) is 6.92 Å². The van der Waals surface area contributed by atoms with E-state index in [1.54, 1.807) is 6.07 Å². The maximum Gasteiger partial charge on any atom is 0.322 e. The minimum Gasteiger partial charge on any atom is -0.407 e. The highest BCUT2D eigenvalue weighted by Gasteiger charge is 2.13. The maximum atomic E-state index is 12.2. The molecule has 0 aliphatic rings. The molecule has 0 spiro atoms. The standard InChI is InChI=1S/C15H12ClN3O2S/c1-9-4-2-3-5-11(9)14(20)17-15-19-18-13(21-15)8-10-6-7-12(16)22-10/h2-7H,8H2,1H3,(H,17,19,20). The molecule has 0 atom stereocenters. The molecule has 2 heterocycles. The minimum atomic E-state index is -0.271. The highest BCUT2D eigenvalue weighted by molar-refractivity contribution is 7.16. The average molecular weight is 334 g/mol. The van der Waals surface area contributed by atoms with Gasteiger partial charge in [-0.3, -0.25) is 10.1 Å². The van der Waals surface area contributed by atoms with E-state index >= 15 is 0 Å². The molecule has 22 heavy (non-hydrogen) atoms. The number of nitrogens with zero attached hydrogens (tertiary/aromatic N) is 2. The number of thiophene rings is 1. The minimum absolute atomic E-state index is 0.0888. The number of halogens is 1. The van der Waals surface area contributed by atoms with Gasteiger partial charge in [-0.2, -0.15) is 0 Å². The zero-order valence-corrected chi connectivity index (χ0v) is 13.2. The van der Waals surface area contributed by atoms with Crippen LogP contribution in [0.25, 0.3) is 0 Å². The molecule has 0 fully saturated rings. The first-order chi connectivity index (χ1) is 10.6. The monoisotopic (exact) mass is 333 g/mol. The lowest BCUT2D eigenvalue weighted by Crippen LogP contribution is -2.13. The Morgan fingerprint density at radius 3 is 2.82 bits per heavy atom. The molecule has 3 aromatic rings. The number of amides is 1. The summed E-state index contributed by atoms with van der Waals surface area (Å²) in [5.74, 6) is 0.158. The number of anilines is 1. The Morgan fingerprint density at radius 1 is 1.27 bits per heavy atom. The molecule has 1 N–H and O–H groups in total. The van der Waals surface area contributed by atoms with E-state index in [4.69, 9.17) is 16.0 Å². The van der Waals surface area contributed by atoms with E-state index in [1.807, 2.05) is 37.3 Å². The van der Waals surface area contributed by atoms with Crippen molar-refractivity contribution in [2.45, 2.75) is 13.3 Å². The van der Waals surface area contributed by atoms with Gasteiger partial charge in [-0.05, 0) is 30.7 Å². The molecule has 3 rings (SSSR count). The van der Waals surface area contributed by atoms with Crippen molar-refractivity contribution in [2.75, 3.05) is 5.32 Å². The maximum absolute atomic E-state index is 12.2. The Morgan fingerprint density at radius 2 is 2.09 bits per heavy atom. The third-order valence-corrected chi connectivity index (χ3v) is 4.26. The normalized spacial score (nSPS) is 10.6. The van der Waals surface area contributed by atoms with Gasteiger partial charge in [0.05, 0.1) is 10.8 Å². The average Bonchev–Trinajstić information content (AvgIpc) is 3.09. The molecule has 2 aromatic heterocycles. The van der Waals surface area contributed by atoms with Crippen molar-refractivity contribution in [3.8, 4) is 0 Å². The summed E-state index contributed by atoms with van der Waals surface area (Å²) in [6, 6.07) is 11.1. The third-order valence-electron chi connectivity index (χ3n) is 3.03. The molecule has 7 heteroatoms. The van der Waals surface area contributed by atoms with Gasteiger partial charge in [-0.15, -0.1) is 16.4 Å². The molecule has 112 valence electrons. The van der Waals surface area contributed by atoms with Crippen LogP contribution in [-0.4, -0.2) is 16.1 Å². The van der Waals surface area contributed by atoms with Crippen LogP contribution in [0.15, 0.2) is 40.8 Å². The number of aryl methyl sites for hydroxylation is 1. The lowest BCUT2D eigenvalue weighted by Gasteiger charge is -2.03. The van der Waals surface area contributed by atoms with Gasteiger partial charge in [-0.25, -0.2) is 0 Å². The van der Waals surface area contributed by atoms with Crippen molar-refractivity contribution >= 4 is 34.9 Å². The molecular formula is C15H12ClN3O2S. The number of benzene rings is 1. The van der Waals surface area contributed by atoms with Crippen LogP contribution in [0.3, 0.4) is 0 Å². The first-order valence-corrected chi connectivity index (χ1v) is 7.75. The topological polar surface area (TPSA) is 68.0 Å². The molecule has 0 saturated heterocycles. The van der Waals surface area contributed by atoms with E-state index < -0.39 is 0 Å². The summed E-state index contributed by atoms with van der Waals surface area (Å²) < 4.78 is 6.15. The van der Waals surface area contributed by atoms with E-state index in [9.17, 15) is 4.79 Å². The van der Waals surface area contributed by atoms with Crippen molar-refractivity contribution in [1.82, 2.24) is 10.2 Å². The van der Waals surface area contributed by atoms with Gasteiger partial charge >= 0.3 is 6.01 Å². The van der Waals surface area contributed by atoms with Crippen LogP contribution in [0.2, 0.25) is 4.34 Å². The Balaban J connectivity index is 1.69. The summed E-state index contributed by atoms with van der Waals surface area (Å²) in [6.45, 7) is 1.87. The number of hydrogen-bond donors (Lipinski definition) is 1. The molecule has 1 aromatic carbocycles. The van der Waals surface area contributed by atoms with Crippen molar-refractivity contribution in [1.29, 1.82) is 0 Å². The molecule has 0 radical (unpaired) electrons. The molecule has 0 saturated carbocycles. The summed E-state index contributed by atoms with van der Waals surface area (Å²) in [7, 11) is 0. The second-order valence-corrected chi connectivity index (χ2v) is 6.45. The quantitative estimate of drug-likeness (QED) is 0.785. The largest absolute Gasteiger partial charge is 0.407 e. The Hall–Kier alpha value is -2.18. The molecule has 0 aliphatic heterocycles. The van der Waals surface area contributed by atoms with E-state index in [2.05, 4.69) is 15.5 Å². The van der Waals surface area contributed by atoms with Gasteiger partial charge in [0.25, 0.3) is 5.91 Å². The Labute approximate surface area is 135 Å². The second kappa shape index (κ2) is 6.29. The first-order valence-electron chi connectivity index (χ1n) is 6.55. The van der Waals surface area contributed by atoms with Crippen molar-refractivity contribution < 1.29 is 9.21 Å². The molecule has 1 amide bonds. The van der Waals surface area contributed by atoms with Crippen LogP contribution in [0.1, 0.15) is 26.7 Å². The van der Waals surface area contributed by atoms with E-state index in [-0.39, 0.29) is 11.9 Å². The van der Waals surface area contributed by atoms with Gasteiger partial charge in [0.15, 0.2) is 0 Å². The lowest BCUT2D eigenvalue weighted by molar-refractivity contribution is 0.102. The third kappa shape index (κ3) is 3.35. The first kappa shape index (κ1) is 14.7. The smallest absolute Gasteiger partial charge is 0.322 e. The summed E-state index contributed by atoms with van der Waals surface area (Å²) in [5, 5.41) is 10.4. The predicted octanol–water partition coefficient (Wildman–Crippen LogP) is 3.94.